The van der Waals surface area contributed by atoms with E-state index in [1.54, 1.807) is 12.1 Å². The highest BCUT2D eigenvalue weighted by molar-refractivity contribution is 7.89. The second-order valence-electron chi connectivity index (χ2n) is 5.95. The van der Waals surface area contributed by atoms with Gasteiger partial charge in [-0.2, -0.15) is 4.31 Å². The Bertz CT molecular complexity index is 818. The number of benzene rings is 1. The Morgan fingerprint density at radius 2 is 1.88 bits per heavy atom. The van der Waals surface area contributed by atoms with Crippen molar-refractivity contribution in [3.63, 3.8) is 0 Å². The first-order chi connectivity index (χ1) is 11.7. The standard InChI is InChI=1S/C17H23ClN2O4S/c1-13-5-6-14(24-13)12-20(10-9-19(2)3)25(21,22)15-7-8-17(23-4)16(18)11-15/h5-8,11H,9-10,12H2,1-4H3. The van der Waals surface area contributed by atoms with E-state index in [0.717, 1.165) is 5.76 Å². The van der Waals surface area contributed by atoms with E-state index in [1.807, 2.05) is 32.0 Å². The lowest BCUT2D eigenvalue weighted by molar-refractivity contribution is 0.310. The van der Waals surface area contributed by atoms with Gasteiger partial charge in [-0.3, -0.25) is 0 Å². The van der Waals surface area contributed by atoms with Gasteiger partial charge in [0.15, 0.2) is 0 Å². The zero-order valence-electron chi connectivity index (χ0n) is 14.8. The van der Waals surface area contributed by atoms with Crippen molar-refractivity contribution in [1.82, 2.24) is 9.21 Å². The van der Waals surface area contributed by atoms with Crippen LogP contribution in [0, 0.1) is 6.92 Å². The van der Waals surface area contributed by atoms with Gasteiger partial charge in [0.25, 0.3) is 0 Å². The molecule has 0 atom stereocenters. The predicted octanol–water partition coefficient (Wildman–Crippen LogP) is 3.00. The first kappa shape index (κ1) is 19.8. The summed E-state index contributed by atoms with van der Waals surface area (Å²) in [4.78, 5) is 2.05. The van der Waals surface area contributed by atoms with E-state index in [2.05, 4.69) is 0 Å². The van der Waals surface area contributed by atoms with Crippen LogP contribution in [-0.4, -0.2) is 51.9 Å². The molecule has 8 heteroatoms. The minimum Gasteiger partial charge on any atom is -0.495 e. The van der Waals surface area contributed by atoms with Crippen molar-refractivity contribution >= 4 is 21.6 Å². The number of furan rings is 1. The second-order valence-corrected chi connectivity index (χ2v) is 8.30. The number of hydrogen-bond acceptors (Lipinski definition) is 5. The van der Waals surface area contributed by atoms with Crippen LogP contribution in [0.15, 0.2) is 39.6 Å². The lowest BCUT2D eigenvalue weighted by Gasteiger charge is -2.23. The van der Waals surface area contributed by atoms with E-state index in [9.17, 15) is 8.42 Å². The normalized spacial score (nSPS) is 12.1. The molecule has 0 spiro atoms. The zero-order valence-corrected chi connectivity index (χ0v) is 16.4. The average Bonchev–Trinajstić information content (AvgIpc) is 2.96. The number of halogens is 1. The van der Waals surface area contributed by atoms with E-state index in [0.29, 0.717) is 24.6 Å². The van der Waals surface area contributed by atoms with Crippen LogP contribution in [0.4, 0.5) is 0 Å². The SMILES string of the molecule is COc1ccc(S(=O)(=O)N(CCN(C)C)Cc2ccc(C)o2)cc1Cl. The van der Waals surface area contributed by atoms with Gasteiger partial charge in [0.1, 0.15) is 17.3 Å². The van der Waals surface area contributed by atoms with Crippen LogP contribution in [0.25, 0.3) is 0 Å². The van der Waals surface area contributed by atoms with E-state index >= 15 is 0 Å². The van der Waals surface area contributed by atoms with E-state index < -0.39 is 10.0 Å². The summed E-state index contributed by atoms with van der Waals surface area (Å²) < 4.78 is 38.2. The van der Waals surface area contributed by atoms with Crippen molar-refractivity contribution in [2.45, 2.75) is 18.4 Å². The predicted molar refractivity (Wildman–Crippen MR) is 97.6 cm³/mol. The summed E-state index contributed by atoms with van der Waals surface area (Å²) in [6.45, 7) is 2.90. The lowest BCUT2D eigenvalue weighted by atomic mass is 10.3. The monoisotopic (exact) mass is 386 g/mol. The third-order valence-electron chi connectivity index (χ3n) is 3.69. The number of likely N-dealkylation sites (N-methyl/N-ethyl adjacent to an activating group) is 1. The molecule has 0 amide bonds. The maximum Gasteiger partial charge on any atom is 0.243 e. The van der Waals surface area contributed by atoms with Gasteiger partial charge in [0.05, 0.1) is 23.6 Å². The molecular weight excluding hydrogens is 364 g/mol. The second kappa shape index (κ2) is 8.23. The molecule has 0 bridgehead atoms. The quantitative estimate of drug-likeness (QED) is 0.697. The first-order valence-electron chi connectivity index (χ1n) is 7.78. The van der Waals surface area contributed by atoms with Crippen molar-refractivity contribution in [2.24, 2.45) is 0 Å². The molecule has 138 valence electrons. The Labute approximate surface area is 154 Å². The van der Waals surface area contributed by atoms with Gasteiger partial charge in [0, 0.05) is 13.1 Å². The van der Waals surface area contributed by atoms with Crippen molar-refractivity contribution < 1.29 is 17.6 Å². The van der Waals surface area contributed by atoms with Crippen LogP contribution in [0.2, 0.25) is 5.02 Å². The summed E-state index contributed by atoms with van der Waals surface area (Å²) in [6, 6.07) is 8.06. The van der Waals surface area contributed by atoms with Gasteiger partial charge in [0.2, 0.25) is 10.0 Å². The number of ether oxygens (including phenoxy) is 1. The van der Waals surface area contributed by atoms with Crippen molar-refractivity contribution in [2.75, 3.05) is 34.3 Å². The molecule has 2 aromatic rings. The number of hydrogen-bond donors (Lipinski definition) is 0. The Balaban J connectivity index is 2.34. The van der Waals surface area contributed by atoms with Crippen LogP contribution >= 0.6 is 11.6 Å². The maximum absolute atomic E-state index is 13.1. The topological polar surface area (TPSA) is 63.0 Å². The first-order valence-corrected chi connectivity index (χ1v) is 9.59. The molecule has 0 radical (unpaired) electrons. The van der Waals surface area contributed by atoms with E-state index in [4.69, 9.17) is 20.8 Å². The highest BCUT2D eigenvalue weighted by Gasteiger charge is 2.26. The molecule has 1 aromatic carbocycles. The minimum atomic E-state index is -3.73. The molecular formula is C17H23ClN2O4S. The Morgan fingerprint density at radius 3 is 2.40 bits per heavy atom. The minimum absolute atomic E-state index is 0.125. The van der Waals surface area contributed by atoms with Crippen molar-refractivity contribution in [1.29, 1.82) is 0 Å². The molecule has 0 aliphatic carbocycles. The summed E-state index contributed by atoms with van der Waals surface area (Å²) in [5.74, 6) is 1.77. The molecule has 0 aliphatic heterocycles. The summed E-state index contributed by atoms with van der Waals surface area (Å²) in [6.07, 6.45) is 0. The summed E-state index contributed by atoms with van der Waals surface area (Å²) in [7, 11) is 1.55. The Kier molecular flexibility index (Phi) is 6.51. The molecule has 0 unspecified atom stereocenters. The fraction of sp³-hybridized carbons (Fsp3) is 0.412. The largest absolute Gasteiger partial charge is 0.495 e. The van der Waals surface area contributed by atoms with Gasteiger partial charge in [-0.05, 0) is 51.4 Å². The summed E-state index contributed by atoms with van der Waals surface area (Å²) in [5, 5.41) is 0.255. The Morgan fingerprint density at radius 1 is 1.16 bits per heavy atom. The van der Waals surface area contributed by atoms with Crippen LogP contribution in [0.1, 0.15) is 11.5 Å². The number of aryl methyl sites for hydroxylation is 1. The van der Waals surface area contributed by atoms with Gasteiger partial charge in [-0.15, -0.1) is 0 Å². The fourth-order valence-electron chi connectivity index (χ4n) is 2.30. The highest BCUT2D eigenvalue weighted by Crippen LogP contribution is 2.29. The molecule has 1 heterocycles. The molecule has 2 rings (SSSR count). The molecule has 0 fully saturated rings. The molecule has 0 saturated heterocycles. The van der Waals surface area contributed by atoms with Gasteiger partial charge in [-0.25, -0.2) is 8.42 Å². The number of nitrogens with zero attached hydrogens (tertiary/aromatic N) is 2. The van der Waals surface area contributed by atoms with Crippen LogP contribution in [0.5, 0.6) is 5.75 Å². The third kappa shape index (κ3) is 4.98. The Hall–Kier alpha value is -1.54. The van der Waals surface area contributed by atoms with Crippen molar-refractivity contribution in [3.05, 3.63) is 46.9 Å². The summed E-state index contributed by atoms with van der Waals surface area (Å²) in [5.41, 5.74) is 0. The van der Waals surface area contributed by atoms with Crippen LogP contribution < -0.4 is 4.74 Å². The number of sulfonamides is 1. The molecule has 1 aromatic heterocycles. The number of rotatable bonds is 8. The van der Waals surface area contributed by atoms with Crippen LogP contribution in [0.3, 0.4) is 0 Å². The fourth-order valence-corrected chi connectivity index (χ4v) is 4.04. The maximum atomic E-state index is 13.1. The van der Waals surface area contributed by atoms with Gasteiger partial charge in [-0.1, -0.05) is 11.6 Å². The molecule has 25 heavy (non-hydrogen) atoms. The number of methoxy groups -OCH3 is 1. The lowest BCUT2D eigenvalue weighted by Crippen LogP contribution is -2.36. The highest BCUT2D eigenvalue weighted by atomic mass is 35.5. The zero-order chi connectivity index (χ0) is 18.6. The molecule has 0 N–H and O–H groups in total. The van der Waals surface area contributed by atoms with E-state index in [-0.39, 0.29) is 16.5 Å². The summed E-state index contributed by atoms with van der Waals surface area (Å²) >= 11 is 6.10. The average molecular weight is 387 g/mol. The van der Waals surface area contributed by atoms with Crippen molar-refractivity contribution in [3.8, 4) is 5.75 Å². The smallest absolute Gasteiger partial charge is 0.243 e. The molecule has 6 nitrogen and oxygen atoms in total. The molecule has 0 saturated carbocycles. The van der Waals surface area contributed by atoms with Gasteiger partial charge >= 0.3 is 0 Å². The third-order valence-corrected chi connectivity index (χ3v) is 5.82. The molecule has 0 aliphatic rings. The van der Waals surface area contributed by atoms with E-state index in [1.165, 1.54) is 23.5 Å². The van der Waals surface area contributed by atoms with Gasteiger partial charge < -0.3 is 14.1 Å². The van der Waals surface area contributed by atoms with Crippen LogP contribution in [-0.2, 0) is 16.6 Å².